The Hall–Kier alpha value is -0.930. The molecule has 0 saturated heterocycles. The van der Waals surface area contributed by atoms with Crippen LogP contribution in [0.25, 0.3) is 0 Å². The van der Waals surface area contributed by atoms with Crippen LogP contribution < -0.4 is 10.0 Å². The van der Waals surface area contributed by atoms with Gasteiger partial charge in [0.2, 0.25) is 5.09 Å². The van der Waals surface area contributed by atoms with Gasteiger partial charge < -0.3 is 19.2 Å². The summed E-state index contributed by atoms with van der Waals surface area (Å²) in [5, 5.41) is 3.19. The van der Waals surface area contributed by atoms with Gasteiger partial charge in [-0.25, -0.2) is 13.1 Å². The van der Waals surface area contributed by atoms with Gasteiger partial charge in [-0.15, -0.1) is 0 Å². The number of nitrogens with one attached hydrogen (secondary N) is 2. The van der Waals surface area contributed by atoms with Gasteiger partial charge in [0.25, 0.3) is 10.0 Å². The van der Waals surface area contributed by atoms with E-state index in [4.69, 9.17) is 13.9 Å². The first-order valence-corrected chi connectivity index (χ1v) is 8.37. The molecule has 21 heavy (non-hydrogen) atoms. The van der Waals surface area contributed by atoms with Crippen LogP contribution in [-0.2, 0) is 26.0 Å². The van der Waals surface area contributed by atoms with Gasteiger partial charge in [-0.3, -0.25) is 0 Å². The van der Waals surface area contributed by atoms with Gasteiger partial charge in [0, 0.05) is 26.8 Å². The minimum absolute atomic E-state index is 0.0811. The number of rotatable bonds is 10. The Morgan fingerprint density at radius 2 is 2.14 bits per heavy atom. The van der Waals surface area contributed by atoms with Gasteiger partial charge in [0.15, 0.2) is 0 Å². The second-order valence-electron chi connectivity index (χ2n) is 5.04. The Morgan fingerprint density at radius 1 is 1.38 bits per heavy atom. The molecule has 0 amide bonds. The van der Waals surface area contributed by atoms with Crippen LogP contribution in [0.2, 0.25) is 0 Å². The molecule has 0 radical (unpaired) electrons. The van der Waals surface area contributed by atoms with Crippen molar-refractivity contribution in [2.24, 2.45) is 0 Å². The molecule has 0 aliphatic heterocycles. The maximum atomic E-state index is 12.1. The predicted octanol–water partition coefficient (Wildman–Crippen LogP) is 0.471. The number of furan rings is 1. The maximum Gasteiger partial charge on any atom is 0.274 e. The number of ether oxygens (including phenoxy) is 2. The first-order chi connectivity index (χ1) is 10.0. The minimum Gasteiger partial charge on any atom is -0.447 e. The lowest BCUT2D eigenvalue weighted by Crippen LogP contribution is -2.35. The summed E-state index contributed by atoms with van der Waals surface area (Å²) in [5.74, 6) is 0.613. The van der Waals surface area contributed by atoms with Crippen molar-refractivity contribution < 1.29 is 22.3 Å². The van der Waals surface area contributed by atoms with E-state index in [0.717, 1.165) is 0 Å². The maximum absolute atomic E-state index is 12.1. The third-order valence-corrected chi connectivity index (χ3v) is 4.53. The molecule has 0 spiro atoms. The van der Waals surface area contributed by atoms with Gasteiger partial charge in [0.1, 0.15) is 5.76 Å². The molecule has 1 aliphatic carbocycles. The minimum atomic E-state index is -3.67. The van der Waals surface area contributed by atoms with E-state index in [0.29, 0.717) is 25.0 Å². The predicted molar refractivity (Wildman–Crippen MR) is 76.4 cm³/mol. The van der Waals surface area contributed by atoms with E-state index in [1.54, 1.807) is 6.07 Å². The van der Waals surface area contributed by atoms with Gasteiger partial charge in [-0.2, -0.15) is 0 Å². The molecule has 1 fully saturated rings. The second kappa shape index (κ2) is 7.37. The molecule has 1 unspecified atom stereocenters. The lowest BCUT2D eigenvalue weighted by Gasteiger charge is -2.14. The second-order valence-corrected chi connectivity index (χ2v) is 6.74. The smallest absolute Gasteiger partial charge is 0.274 e. The molecule has 1 heterocycles. The fraction of sp³-hybridized carbons (Fsp3) is 0.692. The topological polar surface area (TPSA) is 89.8 Å². The number of hydrogen-bond donors (Lipinski definition) is 2. The van der Waals surface area contributed by atoms with Gasteiger partial charge in [-0.05, 0) is 25.0 Å². The highest BCUT2D eigenvalue weighted by Gasteiger charge is 2.23. The average molecular weight is 318 g/mol. The zero-order valence-corrected chi connectivity index (χ0v) is 13.1. The Morgan fingerprint density at radius 3 is 2.76 bits per heavy atom. The fourth-order valence-electron chi connectivity index (χ4n) is 1.80. The van der Waals surface area contributed by atoms with Crippen molar-refractivity contribution in [3.05, 3.63) is 17.9 Å². The lowest BCUT2D eigenvalue weighted by molar-refractivity contribution is 0.0319. The van der Waals surface area contributed by atoms with Crippen molar-refractivity contribution in [1.29, 1.82) is 0 Å². The largest absolute Gasteiger partial charge is 0.447 e. The van der Waals surface area contributed by atoms with Crippen LogP contribution in [0, 0.1) is 0 Å². The van der Waals surface area contributed by atoms with Crippen LogP contribution in [0.15, 0.2) is 21.6 Å². The summed E-state index contributed by atoms with van der Waals surface area (Å²) in [5.41, 5.74) is 0. The molecule has 0 bridgehead atoms. The van der Waals surface area contributed by atoms with E-state index < -0.39 is 10.0 Å². The zero-order chi connectivity index (χ0) is 15.3. The van der Waals surface area contributed by atoms with Crippen molar-refractivity contribution in [3.8, 4) is 0 Å². The summed E-state index contributed by atoms with van der Waals surface area (Å²) in [6, 6.07) is 3.68. The summed E-state index contributed by atoms with van der Waals surface area (Å²) in [6.07, 6.45) is 2.01. The molecular formula is C13H22N2O5S. The monoisotopic (exact) mass is 318 g/mol. The van der Waals surface area contributed by atoms with Gasteiger partial charge in [0.05, 0.1) is 19.3 Å². The quantitative estimate of drug-likeness (QED) is 0.652. The Balaban J connectivity index is 1.88. The van der Waals surface area contributed by atoms with E-state index >= 15 is 0 Å². The number of sulfonamides is 1. The Kier molecular flexibility index (Phi) is 5.77. The number of methoxy groups -OCH3 is 2. The summed E-state index contributed by atoms with van der Waals surface area (Å²) in [4.78, 5) is 0. The third-order valence-electron chi connectivity index (χ3n) is 3.23. The van der Waals surface area contributed by atoms with Crippen molar-refractivity contribution in [2.75, 3.05) is 27.4 Å². The molecule has 1 saturated carbocycles. The van der Waals surface area contributed by atoms with Crippen LogP contribution in [-0.4, -0.2) is 47.9 Å². The van der Waals surface area contributed by atoms with Crippen molar-refractivity contribution in [2.45, 2.75) is 36.6 Å². The van der Waals surface area contributed by atoms with E-state index in [1.165, 1.54) is 33.1 Å². The first-order valence-electron chi connectivity index (χ1n) is 6.88. The molecule has 0 aromatic carbocycles. The standard InChI is InChI=1S/C13H22N2O5S/c1-18-9-12(19-2)8-15-21(16,17)13-6-5-11(20-13)7-14-10-3-4-10/h5-6,10,12,14-15H,3-4,7-9H2,1-2H3. The Labute approximate surface area is 125 Å². The van der Waals surface area contributed by atoms with Crippen molar-refractivity contribution >= 4 is 10.0 Å². The molecule has 2 rings (SSSR count). The molecule has 8 heteroatoms. The van der Waals surface area contributed by atoms with Crippen LogP contribution in [0.1, 0.15) is 18.6 Å². The molecule has 2 N–H and O–H groups in total. The third kappa shape index (κ3) is 5.08. The highest BCUT2D eigenvalue weighted by atomic mass is 32.2. The van der Waals surface area contributed by atoms with Gasteiger partial charge in [-0.1, -0.05) is 0 Å². The van der Waals surface area contributed by atoms with E-state index in [1.807, 2.05) is 0 Å². The zero-order valence-electron chi connectivity index (χ0n) is 12.3. The van der Waals surface area contributed by atoms with E-state index in [9.17, 15) is 8.42 Å². The van der Waals surface area contributed by atoms with Crippen molar-refractivity contribution in [3.63, 3.8) is 0 Å². The number of hydrogen-bond acceptors (Lipinski definition) is 6. The van der Waals surface area contributed by atoms with Crippen LogP contribution >= 0.6 is 0 Å². The molecule has 1 aliphatic rings. The summed E-state index contributed by atoms with van der Waals surface area (Å²) in [7, 11) is -0.625. The summed E-state index contributed by atoms with van der Waals surface area (Å²) < 4.78 is 42.1. The van der Waals surface area contributed by atoms with Crippen LogP contribution in [0.4, 0.5) is 0 Å². The molecule has 120 valence electrons. The van der Waals surface area contributed by atoms with Gasteiger partial charge >= 0.3 is 0 Å². The fourth-order valence-corrected chi connectivity index (χ4v) is 2.81. The average Bonchev–Trinajstić information content (AvgIpc) is 3.17. The van der Waals surface area contributed by atoms with E-state index in [-0.39, 0.29) is 17.7 Å². The normalized spacial score (nSPS) is 17.0. The highest BCUT2D eigenvalue weighted by molar-refractivity contribution is 7.89. The molecule has 7 nitrogen and oxygen atoms in total. The SMILES string of the molecule is COCC(CNS(=O)(=O)c1ccc(CNC2CC2)o1)OC. The molecule has 1 atom stereocenters. The Bertz CT molecular complexity index is 539. The van der Waals surface area contributed by atoms with Crippen molar-refractivity contribution in [1.82, 2.24) is 10.0 Å². The lowest BCUT2D eigenvalue weighted by atomic mass is 10.4. The summed E-state index contributed by atoms with van der Waals surface area (Å²) >= 11 is 0. The highest BCUT2D eigenvalue weighted by Crippen LogP contribution is 2.20. The first kappa shape index (κ1) is 16.4. The van der Waals surface area contributed by atoms with Crippen LogP contribution in [0.3, 0.4) is 0 Å². The molecular weight excluding hydrogens is 296 g/mol. The summed E-state index contributed by atoms with van der Waals surface area (Å²) in [6.45, 7) is 0.987. The van der Waals surface area contributed by atoms with E-state index in [2.05, 4.69) is 10.0 Å². The molecule has 1 aromatic rings. The van der Waals surface area contributed by atoms with Crippen LogP contribution in [0.5, 0.6) is 0 Å². The molecule has 1 aromatic heterocycles.